The molecule has 0 spiro atoms. The molecule has 1 aromatic carbocycles. The molecule has 6 heteroatoms. The number of anilines is 1. The molecular weight excluding hydrogens is 376 g/mol. The van der Waals surface area contributed by atoms with Gasteiger partial charge in [-0.3, -0.25) is 9.59 Å². The summed E-state index contributed by atoms with van der Waals surface area (Å²) in [5.74, 6) is 2.01. The quantitative estimate of drug-likeness (QED) is 0.616. The molecule has 0 aliphatic heterocycles. The average molecular weight is 401 g/mol. The number of thioether (sulfide) groups is 1. The lowest BCUT2D eigenvalue weighted by atomic mass is 10.2. The lowest BCUT2D eigenvalue weighted by Crippen LogP contribution is -2.29. The van der Waals surface area contributed by atoms with Crippen molar-refractivity contribution in [3.8, 4) is 0 Å². The van der Waals surface area contributed by atoms with E-state index < -0.39 is 0 Å². The number of amides is 2. The van der Waals surface area contributed by atoms with Crippen LogP contribution in [0.3, 0.4) is 0 Å². The van der Waals surface area contributed by atoms with E-state index in [0.717, 1.165) is 27.9 Å². The molecule has 1 aromatic rings. The number of carbonyl (C=O) groups excluding carboxylic acids is 2. The molecule has 0 unspecified atom stereocenters. The minimum atomic E-state index is -0.0982. The molecule has 0 aromatic heterocycles. The fraction of sp³-hybridized carbons (Fsp3) is 0.529. The summed E-state index contributed by atoms with van der Waals surface area (Å²) in [6.45, 7) is 6.65. The van der Waals surface area contributed by atoms with Crippen molar-refractivity contribution < 1.29 is 9.59 Å². The number of halogens is 1. The highest BCUT2D eigenvalue weighted by molar-refractivity contribution is 9.10. The maximum Gasteiger partial charge on any atom is 0.230 e. The summed E-state index contributed by atoms with van der Waals surface area (Å²) < 4.78 is 0.921. The first-order valence-electron chi connectivity index (χ1n) is 7.79. The molecule has 0 aliphatic rings. The van der Waals surface area contributed by atoms with Gasteiger partial charge in [0.2, 0.25) is 11.8 Å². The molecule has 1 rings (SSSR count). The first kappa shape index (κ1) is 20.0. The number of aryl methyl sites for hydroxylation is 1. The fourth-order valence-electron chi connectivity index (χ4n) is 1.79. The number of rotatable bonds is 9. The van der Waals surface area contributed by atoms with Crippen LogP contribution in [0.25, 0.3) is 0 Å². The van der Waals surface area contributed by atoms with Crippen LogP contribution in [0.15, 0.2) is 22.7 Å². The first-order chi connectivity index (χ1) is 10.9. The number of carbonyl (C=O) groups is 2. The Balaban J connectivity index is 2.21. The van der Waals surface area contributed by atoms with Gasteiger partial charge in [0.1, 0.15) is 0 Å². The summed E-state index contributed by atoms with van der Waals surface area (Å²) >= 11 is 5.02. The Morgan fingerprint density at radius 3 is 2.70 bits per heavy atom. The molecule has 4 nitrogen and oxygen atoms in total. The van der Waals surface area contributed by atoms with Gasteiger partial charge in [-0.15, -0.1) is 0 Å². The van der Waals surface area contributed by atoms with E-state index in [9.17, 15) is 9.59 Å². The van der Waals surface area contributed by atoms with Crippen molar-refractivity contribution >= 4 is 45.2 Å². The van der Waals surface area contributed by atoms with Gasteiger partial charge >= 0.3 is 0 Å². The van der Waals surface area contributed by atoms with Crippen molar-refractivity contribution in [2.75, 3.05) is 23.4 Å². The van der Waals surface area contributed by atoms with Crippen molar-refractivity contribution in [3.63, 3.8) is 0 Å². The molecule has 23 heavy (non-hydrogen) atoms. The third-order valence-electron chi connectivity index (χ3n) is 3.22. The van der Waals surface area contributed by atoms with Crippen molar-refractivity contribution in [2.45, 2.75) is 33.6 Å². The van der Waals surface area contributed by atoms with Crippen LogP contribution in [0.1, 0.15) is 32.3 Å². The van der Waals surface area contributed by atoms with E-state index in [1.165, 1.54) is 0 Å². The van der Waals surface area contributed by atoms with Crippen LogP contribution in [0.4, 0.5) is 5.69 Å². The Morgan fingerprint density at radius 1 is 1.26 bits per heavy atom. The molecule has 2 N–H and O–H groups in total. The Bertz CT molecular complexity index is 535. The molecule has 2 amide bonds. The highest BCUT2D eigenvalue weighted by Gasteiger charge is 2.07. The smallest absolute Gasteiger partial charge is 0.230 e. The molecule has 0 bridgehead atoms. The van der Waals surface area contributed by atoms with Gasteiger partial charge in [0.05, 0.1) is 5.75 Å². The summed E-state index contributed by atoms with van der Waals surface area (Å²) in [7, 11) is 0. The molecule has 0 saturated heterocycles. The normalized spacial score (nSPS) is 10.7. The molecule has 0 radical (unpaired) electrons. The van der Waals surface area contributed by atoms with Crippen LogP contribution in [-0.2, 0) is 9.59 Å². The van der Waals surface area contributed by atoms with Crippen LogP contribution in [-0.4, -0.2) is 29.9 Å². The summed E-state index contributed by atoms with van der Waals surface area (Å²) in [6.07, 6.45) is 1.39. The fourth-order valence-corrected chi connectivity index (χ4v) is 3.22. The first-order valence-corrected chi connectivity index (χ1v) is 9.73. The Hall–Kier alpha value is -1.01. The topological polar surface area (TPSA) is 58.2 Å². The van der Waals surface area contributed by atoms with Crippen LogP contribution in [0.2, 0.25) is 0 Å². The van der Waals surface area contributed by atoms with Crippen LogP contribution in [0.5, 0.6) is 0 Å². The predicted molar refractivity (Wildman–Crippen MR) is 102 cm³/mol. The van der Waals surface area contributed by atoms with E-state index >= 15 is 0 Å². The Morgan fingerprint density at radius 2 is 2.00 bits per heavy atom. The lowest BCUT2D eigenvalue weighted by Gasteiger charge is -2.09. The van der Waals surface area contributed by atoms with Gasteiger partial charge in [-0.25, -0.2) is 0 Å². The third kappa shape index (κ3) is 9.01. The van der Waals surface area contributed by atoms with Gasteiger partial charge in [-0.05, 0) is 42.7 Å². The van der Waals surface area contributed by atoms with Gasteiger partial charge < -0.3 is 10.6 Å². The van der Waals surface area contributed by atoms with E-state index in [1.807, 2.05) is 25.1 Å². The molecule has 0 aliphatic carbocycles. The minimum absolute atomic E-state index is 0.00908. The molecular formula is C17H25BrN2O2S. The van der Waals surface area contributed by atoms with E-state index in [2.05, 4.69) is 40.4 Å². The Labute approximate surface area is 151 Å². The SMILES string of the molecule is Cc1ccc(Br)cc1NC(=O)CCNC(=O)CSCCC(C)C. The van der Waals surface area contributed by atoms with Crippen molar-refractivity contribution in [1.82, 2.24) is 5.32 Å². The third-order valence-corrected chi connectivity index (χ3v) is 4.70. The maximum atomic E-state index is 11.9. The second-order valence-electron chi connectivity index (χ2n) is 5.84. The highest BCUT2D eigenvalue weighted by atomic mass is 79.9. The number of nitrogens with one attached hydrogen (secondary N) is 2. The number of benzene rings is 1. The molecule has 0 atom stereocenters. The standard InChI is InChI=1S/C17H25BrN2O2S/c1-12(2)7-9-23-11-17(22)19-8-6-16(21)20-15-10-14(18)5-4-13(15)3/h4-5,10,12H,6-9,11H2,1-3H3,(H,19,22)(H,20,21). The van der Waals surface area contributed by atoms with E-state index in [1.54, 1.807) is 11.8 Å². The second kappa shape index (κ2) is 10.7. The average Bonchev–Trinajstić information content (AvgIpc) is 2.47. The molecule has 0 saturated carbocycles. The summed E-state index contributed by atoms with van der Waals surface area (Å²) in [5, 5.41) is 5.65. The van der Waals surface area contributed by atoms with E-state index in [4.69, 9.17) is 0 Å². The lowest BCUT2D eigenvalue weighted by molar-refractivity contribution is -0.119. The Kier molecular flexibility index (Phi) is 9.33. The number of hydrogen-bond donors (Lipinski definition) is 2. The van der Waals surface area contributed by atoms with Crippen molar-refractivity contribution in [1.29, 1.82) is 0 Å². The molecule has 0 heterocycles. The van der Waals surface area contributed by atoms with Crippen LogP contribution < -0.4 is 10.6 Å². The zero-order valence-corrected chi connectivity index (χ0v) is 16.4. The monoisotopic (exact) mass is 400 g/mol. The second-order valence-corrected chi connectivity index (χ2v) is 7.86. The van der Waals surface area contributed by atoms with Gasteiger partial charge in [-0.1, -0.05) is 35.8 Å². The van der Waals surface area contributed by atoms with Gasteiger partial charge in [0, 0.05) is 23.1 Å². The summed E-state index contributed by atoms with van der Waals surface area (Å²) in [6, 6.07) is 5.75. The van der Waals surface area contributed by atoms with Crippen LogP contribution in [0, 0.1) is 12.8 Å². The largest absolute Gasteiger partial charge is 0.355 e. The zero-order valence-electron chi connectivity index (χ0n) is 13.9. The van der Waals surface area contributed by atoms with Crippen LogP contribution >= 0.6 is 27.7 Å². The van der Waals surface area contributed by atoms with Gasteiger partial charge in [0.15, 0.2) is 0 Å². The van der Waals surface area contributed by atoms with Gasteiger partial charge in [-0.2, -0.15) is 11.8 Å². The maximum absolute atomic E-state index is 11.9. The van der Waals surface area contributed by atoms with Gasteiger partial charge in [0.25, 0.3) is 0 Å². The summed E-state index contributed by atoms with van der Waals surface area (Å²) in [4.78, 5) is 23.6. The van der Waals surface area contributed by atoms with E-state index in [0.29, 0.717) is 18.2 Å². The molecule has 0 fully saturated rings. The van der Waals surface area contributed by atoms with Crippen molar-refractivity contribution in [3.05, 3.63) is 28.2 Å². The minimum Gasteiger partial charge on any atom is -0.355 e. The number of hydrogen-bond acceptors (Lipinski definition) is 3. The highest BCUT2D eigenvalue weighted by Crippen LogP contribution is 2.20. The molecule has 128 valence electrons. The van der Waals surface area contributed by atoms with Crippen molar-refractivity contribution in [2.24, 2.45) is 5.92 Å². The zero-order chi connectivity index (χ0) is 17.2. The predicted octanol–water partition coefficient (Wildman–Crippen LogP) is 3.98. The van der Waals surface area contributed by atoms with E-state index in [-0.39, 0.29) is 18.2 Å². The summed E-state index contributed by atoms with van der Waals surface area (Å²) in [5.41, 5.74) is 1.80.